The van der Waals surface area contributed by atoms with E-state index in [1.807, 2.05) is 30.5 Å². The second-order valence-electron chi connectivity index (χ2n) is 9.62. The number of nitrogens with zero attached hydrogens (tertiary/aromatic N) is 6. The van der Waals surface area contributed by atoms with Crippen molar-refractivity contribution in [3.63, 3.8) is 0 Å². The number of nitrogens with two attached hydrogens (primary N) is 1. The van der Waals surface area contributed by atoms with E-state index in [0.717, 1.165) is 42.0 Å². The van der Waals surface area contributed by atoms with Crippen molar-refractivity contribution in [1.29, 1.82) is 0 Å². The number of benzene rings is 1. The van der Waals surface area contributed by atoms with Gasteiger partial charge in [0, 0.05) is 30.6 Å². The Morgan fingerprint density at radius 3 is 2.97 bits per heavy atom. The molecule has 5 aromatic rings. The van der Waals surface area contributed by atoms with Gasteiger partial charge in [-0.15, -0.1) is 0 Å². The summed E-state index contributed by atoms with van der Waals surface area (Å²) in [4.78, 5) is 11.8. The van der Waals surface area contributed by atoms with Crippen LogP contribution in [-0.4, -0.2) is 56.5 Å². The zero-order valence-corrected chi connectivity index (χ0v) is 19.7. The first-order chi connectivity index (χ1) is 17.6. The van der Waals surface area contributed by atoms with Gasteiger partial charge in [0.1, 0.15) is 28.6 Å². The smallest absolute Gasteiger partial charge is 0.177 e. The molecule has 1 aromatic carbocycles. The van der Waals surface area contributed by atoms with Gasteiger partial charge < -0.3 is 15.4 Å². The van der Waals surface area contributed by atoms with Crippen LogP contribution < -0.4 is 15.4 Å². The maximum Gasteiger partial charge on any atom is 0.177 e. The lowest BCUT2D eigenvalue weighted by atomic mass is 9.91. The number of piperidine rings is 1. The lowest BCUT2D eigenvalue weighted by Gasteiger charge is -2.26. The summed E-state index contributed by atoms with van der Waals surface area (Å²) in [5, 5.41) is 11.9. The molecular weight excluding hydrogens is 459 g/mol. The van der Waals surface area contributed by atoms with Crippen LogP contribution in [0, 0.1) is 17.7 Å². The Hall–Kier alpha value is -4.05. The first kappa shape index (κ1) is 21.3. The van der Waals surface area contributed by atoms with Gasteiger partial charge in [-0.25, -0.2) is 18.9 Å². The second-order valence-corrected chi connectivity index (χ2v) is 9.62. The number of hydrogen-bond donors (Lipinski definition) is 2. The first-order valence-electron chi connectivity index (χ1n) is 12.1. The molecule has 3 N–H and O–H groups in total. The minimum absolute atomic E-state index is 0.167. The number of nitrogens with one attached hydrogen (secondary N) is 1. The van der Waals surface area contributed by atoms with E-state index < -0.39 is 0 Å². The standard InChI is InChI=1S/C26H25FN8O/c1-36-15-10-16(21-6-8-30-35(21)12-15)23-24-25(33-32-23)31-22(11-29-24)34-9-7-17-19(13-34)26(17,14-28)18-4-2-3-5-20(18)27/h2-6,8,10-12,17,19H,7,9,13-14,28H2,1H3,(H,31,32,33)/t17-,19+,26-/m1/s1. The summed E-state index contributed by atoms with van der Waals surface area (Å²) < 4.78 is 21.9. The molecule has 9 nitrogen and oxygen atoms in total. The Bertz CT molecular complexity index is 1610. The van der Waals surface area contributed by atoms with Crippen molar-refractivity contribution in [2.45, 2.75) is 11.8 Å². The highest BCUT2D eigenvalue weighted by Gasteiger charge is 2.66. The number of methoxy groups -OCH3 is 1. The Balaban J connectivity index is 1.21. The van der Waals surface area contributed by atoms with E-state index in [4.69, 9.17) is 20.4 Å². The average Bonchev–Trinajstić information content (AvgIpc) is 3.20. The van der Waals surface area contributed by atoms with E-state index in [0.29, 0.717) is 35.1 Å². The van der Waals surface area contributed by atoms with Crippen molar-refractivity contribution < 1.29 is 9.13 Å². The number of anilines is 1. The third kappa shape index (κ3) is 2.91. The fraction of sp³-hybridized carbons (Fsp3) is 0.308. The molecule has 0 radical (unpaired) electrons. The Morgan fingerprint density at radius 2 is 2.14 bits per heavy atom. The highest BCUT2D eigenvalue weighted by Crippen LogP contribution is 2.63. The largest absolute Gasteiger partial charge is 0.495 e. The average molecular weight is 485 g/mol. The molecule has 0 amide bonds. The van der Waals surface area contributed by atoms with Crippen molar-refractivity contribution in [3.05, 3.63) is 66.4 Å². The molecule has 1 saturated heterocycles. The summed E-state index contributed by atoms with van der Waals surface area (Å²) in [5.41, 5.74) is 10.4. The van der Waals surface area contributed by atoms with Crippen LogP contribution in [0.3, 0.4) is 0 Å². The number of pyridine rings is 1. The van der Waals surface area contributed by atoms with Gasteiger partial charge in [0.15, 0.2) is 5.65 Å². The first-order valence-corrected chi connectivity index (χ1v) is 12.1. The number of aromatic nitrogens is 6. The maximum absolute atomic E-state index is 14.7. The van der Waals surface area contributed by atoms with Crippen molar-refractivity contribution >= 4 is 22.5 Å². The van der Waals surface area contributed by atoms with E-state index in [1.165, 1.54) is 6.07 Å². The lowest BCUT2D eigenvalue weighted by Crippen LogP contribution is -2.32. The summed E-state index contributed by atoms with van der Waals surface area (Å²) in [6, 6.07) is 10.9. The molecule has 4 aromatic heterocycles. The number of aromatic amines is 1. The second kappa shape index (κ2) is 7.72. The third-order valence-corrected chi connectivity index (χ3v) is 8.09. The fourth-order valence-electron chi connectivity index (χ4n) is 6.27. The lowest BCUT2D eigenvalue weighted by molar-refractivity contribution is 0.412. The molecule has 182 valence electrons. The maximum atomic E-state index is 14.7. The molecule has 2 aliphatic rings. The fourth-order valence-corrected chi connectivity index (χ4v) is 6.27. The molecule has 2 fully saturated rings. The van der Waals surface area contributed by atoms with Gasteiger partial charge in [0.25, 0.3) is 0 Å². The topological polar surface area (TPSA) is 110 Å². The molecule has 36 heavy (non-hydrogen) atoms. The molecular formula is C26H25FN8O. The highest BCUT2D eigenvalue weighted by atomic mass is 19.1. The monoisotopic (exact) mass is 484 g/mol. The Morgan fingerprint density at radius 1 is 1.25 bits per heavy atom. The molecule has 3 atom stereocenters. The molecule has 1 saturated carbocycles. The summed E-state index contributed by atoms with van der Waals surface area (Å²) in [6.07, 6.45) is 6.29. The Labute approximate surface area is 206 Å². The van der Waals surface area contributed by atoms with Gasteiger partial charge in [-0.2, -0.15) is 10.2 Å². The van der Waals surface area contributed by atoms with Crippen LogP contribution in [0.2, 0.25) is 0 Å². The minimum Gasteiger partial charge on any atom is -0.495 e. The quantitative estimate of drug-likeness (QED) is 0.394. The summed E-state index contributed by atoms with van der Waals surface area (Å²) in [7, 11) is 1.62. The molecule has 5 heterocycles. The highest BCUT2D eigenvalue weighted by molar-refractivity contribution is 5.93. The van der Waals surface area contributed by atoms with Crippen LogP contribution in [-0.2, 0) is 5.41 Å². The van der Waals surface area contributed by atoms with Gasteiger partial charge in [0.2, 0.25) is 0 Å². The normalized spacial score (nSPS) is 23.2. The van der Waals surface area contributed by atoms with E-state index >= 15 is 0 Å². The molecule has 7 rings (SSSR count). The summed E-state index contributed by atoms with van der Waals surface area (Å²) in [5.74, 6) is 1.96. The van der Waals surface area contributed by atoms with Gasteiger partial charge >= 0.3 is 0 Å². The number of fused-ring (bicyclic) bond motifs is 3. The Kier molecular flexibility index (Phi) is 4.56. The molecule has 10 heteroatoms. The molecule has 0 spiro atoms. The van der Waals surface area contributed by atoms with Crippen molar-refractivity contribution in [1.82, 2.24) is 29.8 Å². The predicted octanol–water partition coefficient (Wildman–Crippen LogP) is 3.17. The van der Waals surface area contributed by atoms with Gasteiger partial charge in [-0.05, 0) is 42.0 Å². The zero-order valence-electron chi connectivity index (χ0n) is 19.7. The predicted molar refractivity (Wildman–Crippen MR) is 133 cm³/mol. The van der Waals surface area contributed by atoms with Gasteiger partial charge in [-0.3, -0.25) is 5.10 Å². The number of ether oxygens (including phenoxy) is 1. The molecule has 1 aliphatic heterocycles. The van der Waals surface area contributed by atoms with Crippen LogP contribution in [0.25, 0.3) is 27.9 Å². The van der Waals surface area contributed by atoms with Crippen LogP contribution in [0.1, 0.15) is 12.0 Å². The SMILES string of the molecule is COc1cc(-c2n[nH]c3nc(N4CC[C@@H]5[C@H](C4)[C@@]5(CN)c4ccccc4F)cnc23)c2ccnn2c1. The van der Waals surface area contributed by atoms with Crippen molar-refractivity contribution in [2.24, 2.45) is 17.6 Å². The molecule has 0 unspecified atom stereocenters. The van der Waals surface area contributed by atoms with E-state index in [-0.39, 0.29) is 17.2 Å². The number of H-pyrrole nitrogens is 1. The number of hydrogen-bond acceptors (Lipinski definition) is 7. The minimum atomic E-state index is -0.304. The number of rotatable bonds is 5. The third-order valence-electron chi connectivity index (χ3n) is 8.09. The van der Waals surface area contributed by atoms with Crippen LogP contribution >= 0.6 is 0 Å². The summed E-state index contributed by atoms with van der Waals surface area (Å²) in [6.45, 7) is 2.03. The molecule has 0 bridgehead atoms. The van der Waals surface area contributed by atoms with E-state index in [9.17, 15) is 4.39 Å². The van der Waals surface area contributed by atoms with E-state index in [2.05, 4.69) is 20.2 Å². The van der Waals surface area contributed by atoms with Crippen LogP contribution in [0.4, 0.5) is 10.2 Å². The van der Waals surface area contributed by atoms with E-state index in [1.54, 1.807) is 30.1 Å². The van der Waals surface area contributed by atoms with Crippen LogP contribution in [0.15, 0.2) is 55.0 Å². The summed E-state index contributed by atoms with van der Waals surface area (Å²) >= 11 is 0. The van der Waals surface area contributed by atoms with Crippen molar-refractivity contribution in [3.8, 4) is 17.0 Å². The van der Waals surface area contributed by atoms with Crippen LogP contribution in [0.5, 0.6) is 5.75 Å². The van der Waals surface area contributed by atoms with Gasteiger partial charge in [0.05, 0.1) is 31.2 Å². The zero-order chi connectivity index (χ0) is 24.4. The van der Waals surface area contributed by atoms with Crippen molar-refractivity contribution in [2.75, 3.05) is 31.6 Å². The number of halogens is 1. The van der Waals surface area contributed by atoms with Gasteiger partial charge in [-0.1, -0.05) is 18.2 Å². The molecule has 1 aliphatic carbocycles.